The lowest BCUT2D eigenvalue weighted by molar-refractivity contribution is 0.0971. The van der Waals surface area contributed by atoms with Gasteiger partial charge in [0.2, 0.25) is 0 Å². The number of aliphatic hydroxyl groups is 1. The highest BCUT2D eigenvalue weighted by atomic mass is 16.3. The maximum atomic E-state index is 9.75. The van der Waals surface area contributed by atoms with Crippen LogP contribution in [0.4, 0.5) is 0 Å². The second-order valence-corrected chi connectivity index (χ2v) is 5.30. The standard InChI is InChI=1S/C14H19NO/c16-14-7-12-6-13(8-14)15(10-12)9-11-4-2-1-3-5-11/h1-5,12-14,16H,6-10H2/t12-,13+,14+/m1/s1. The molecule has 2 fully saturated rings. The van der Waals surface area contributed by atoms with Crippen LogP contribution in [0.5, 0.6) is 0 Å². The molecule has 1 N–H and O–H groups in total. The van der Waals surface area contributed by atoms with Gasteiger partial charge in [-0.15, -0.1) is 0 Å². The minimum Gasteiger partial charge on any atom is -0.393 e. The second kappa shape index (κ2) is 4.19. The van der Waals surface area contributed by atoms with E-state index < -0.39 is 0 Å². The Balaban J connectivity index is 1.69. The highest BCUT2D eigenvalue weighted by Crippen LogP contribution is 2.36. The third kappa shape index (κ3) is 2.00. The Kier molecular flexibility index (Phi) is 2.70. The first kappa shape index (κ1) is 10.3. The smallest absolute Gasteiger partial charge is 0.0558 e. The summed E-state index contributed by atoms with van der Waals surface area (Å²) in [6, 6.07) is 11.3. The number of benzene rings is 1. The molecule has 0 unspecified atom stereocenters. The Bertz CT molecular complexity index is 351. The van der Waals surface area contributed by atoms with Gasteiger partial charge in [-0.2, -0.15) is 0 Å². The van der Waals surface area contributed by atoms with E-state index >= 15 is 0 Å². The molecule has 1 aromatic carbocycles. The molecule has 86 valence electrons. The largest absolute Gasteiger partial charge is 0.393 e. The van der Waals surface area contributed by atoms with E-state index in [1.54, 1.807) is 0 Å². The van der Waals surface area contributed by atoms with Gasteiger partial charge in [-0.25, -0.2) is 0 Å². The molecule has 2 bridgehead atoms. The minimum atomic E-state index is -0.0514. The third-order valence-corrected chi connectivity index (χ3v) is 3.99. The Morgan fingerprint density at radius 2 is 1.94 bits per heavy atom. The summed E-state index contributed by atoms with van der Waals surface area (Å²) in [4.78, 5) is 2.55. The summed E-state index contributed by atoms with van der Waals surface area (Å²) in [7, 11) is 0. The third-order valence-electron chi connectivity index (χ3n) is 3.99. The fraction of sp³-hybridized carbons (Fsp3) is 0.571. The maximum Gasteiger partial charge on any atom is 0.0558 e. The lowest BCUT2D eigenvalue weighted by atomic mass is 9.88. The van der Waals surface area contributed by atoms with Crippen molar-refractivity contribution < 1.29 is 5.11 Å². The molecule has 1 aliphatic heterocycles. The van der Waals surface area contributed by atoms with Crippen LogP contribution in [0, 0.1) is 5.92 Å². The highest BCUT2D eigenvalue weighted by Gasteiger charge is 2.38. The van der Waals surface area contributed by atoms with Crippen molar-refractivity contribution in [1.82, 2.24) is 4.90 Å². The van der Waals surface area contributed by atoms with Crippen LogP contribution in [0.25, 0.3) is 0 Å². The maximum absolute atomic E-state index is 9.75. The number of aliphatic hydroxyl groups excluding tert-OH is 1. The summed E-state index contributed by atoms with van der Waals surface area (Å²) in [5.74, 6) is 0.734. The van der Waals surface area contributed by atoms with Gasteiger partial charge in [0.25, 0.3) is 0 Å². The van der Waals surface area contributed by atoms with Crippen molar-refractivity contribution in [3.8, 4) is 0 Å². The monoisotopic (exact) mass is 217 g/mol. The van der Waals surface area contributed by atoms with Crippen LogP contribution in [0.3, 0.4) is 0 Å². The second-order valence-electron chi connectivity index (χ2n) is 5.30. The Labute approximate surface area is 96.9 Å². The van der Waals surface area contributed by atoms with Gasteiger partial charge < -0.3 is 5.11 Å². The number of rotatable bonds is 2. The molecule has 16 heavy (non-hydrogen) atoms. The number of likely N-dealkylation sites (tertiary alicyclic amines) is 1. The zero-order valence-electron chi connectivity index (χ0n) is 9.55. The SMILES string of the molecule is O[C@H]1C[C@H]2C[C@@H](C1)N(Cc1ccccc1)C2. The lowest BCUT2D eigenvalue weighted by Gasteiger charge is -2.26. The van der Waals surface area contributed by atoms with E-state index in [4.69, 9.17) is 0 Å². The first-order valence-corrected chi connectivity index (χ1v) is 6.27. The fourth-order valence-corrected chi connectivity index (χ4v) is 3.31. The molecule has 2 aliphatic rings. The van der Waals surface area contributed by atoms with Gasteiger partial charge in [-0.3, -0.25) is 4.90 Å². The van der Waals surface area contributed by atoms with E-state index in [9.17, 15) is 5.11 Å². The van der Waals surface area contributed by atoms with E-state index in [-0.39, 0.29) is 6.10 Å². The van der Waals surface area contributed by atoms with E-state index in [2.05, 4.69) is 35.2 Å². The molecule has 2 heteroatoms. The normalized spacial score (nSPS) is 34.2. The Morgan fingerprint density at radius 3 is 2.75 bits per heavy atom. The predicted octanol–water partition coefficient (Wildman–Crippen LogP) is 2.03. The van der Waals surface area contributed by atoms with Crippen molar-refractivity contribution in [2.45, 2.75) is 38.0 Å². The van der Waals surface area contributed by atoms with Crippen LogP contribution in [0.15, 0.2) is 30.3 Å². The first-order chi connectivity index (χ1) is 7.81. The van der Waals surface area contributed by atoms with Crippen molar-refractivity contribution in [3.63, 3.8) is 0 Å². The quantitative estimate of drug-likeness (QED) is 0.819. The molecule has 1 heterocycles. The van der Waals surface area contributed by atoms with Gasteiger partial charge >= 0.3 is 0 Å². The molecule has 1 saturated carbocycles. The van der Waals surface area contributed by atoms with Crippen LogP contribution < -0.4 is 0 Å². The summed E-state index contributed by atoms with van der Waals surface area (Å²) in [6.45, 7) is 2.23. The average Bonchev–Trinajstić information content (AvgIpc) is 2.55. The van der Waals surface area contributed by atoms with Crippen LogP contribution in [0.1, 0.15) is 24.8 Å². The molecular weight excluding hydrogens is 198 g/mol. The zero-order chi connectivity index (χ0) is 11.0. The average molecular weight is 217 g/mol. The molecule has 0 radical (unpaired) electrons. The molecule has 1 aromatic rings. The van der Waals surface area contributed by atoms with Crippen LogP contribution in [-0.4, -0.2) is 28.7 Å². The van der Waals surface area contributed by atoms with Crippen LogP contribution >= 0.6 is 0 Å². The van der Waals surface area contributed by atoms with Gasteiger partial charge in [0.05, 0.1) is 6.10 Å². The summed E-state index contributed by atoms with van der Waals surface area (Å²) >= 11 is 0. The molecule has 1 saturated heterocycles. The van der Waals surface area contributed by atoms with E-state index in [0.29, 0.717) is 6.04 Å². The van der Waals surface area contributed by atoms with Crippen molar-refractivity contribution >= 4 is 0 Å². The predicted molar refractivity (Wildman–Crippen MR) is 64.0 cm³/mol. The van der Waals surface area contributed by atoms with Crippen LogP contribution in [-0.2, 0) is 6.54 Å². The minimum absolute atomic E-state index is 0.0514. The highest BCUT2D eigenvalue weighted by molar-refractivity contribution is 5.15. The molecule has 0 amide bonds. The number of hydrogen-bond acceptors (Lipinski definition) is 2. The van der Waals surface area contributed by atoms with Gasteiger partial charge in [0.15, 0.2) is 0 Å². The number of fused-ring (bicyclic) bond motifs is 2. The van der Waals surface area contributed by atoms with Gasteiger partial charge in [-0.1, -0.05) is 30.3 Å². The van der Waals surface area contributed by atoms with Crippen molar-refractivity contribution in [1.29, 1.82) is 0 Å². The summed E-state index contributed by atoms with van der Waals surface area (Å²) in [6.07, 6.45) is 3.24. The summed E-state index contributed by atoms with van der Waals surface area (Å²) in [5.41, 5.74) is 1.39. The fourth-order valence-electron chi connectivity index (χ4n) is 3.31. The Hall–Kier alpha value is -0.860. The molecule has 1 aliphatic carbocycles. The molecule has 0 spiro atoms. The summed E-state index contributed by atoms with van der Waals surface area (Å²) < 4.78 is 0. The zero-order valence-corrected chi connectivity index (χ0v) is 9.55. The van der Waals surface area contributed by atoms with Gasteiger partial charge in [0, 0.05) is 19.1 Å². The molecule has 2 nitrogen and oxygen atoms in total. The van der Waals surface area contributed by atoms with Crippen LogP contribution in [0.2, 0.25) is 0 Å². The van der Waals surface area contributed by atoms with E-state index in [0.717, 1.165) is 25.3 Å². The van der Waals surface area contributed by atoms with Crippen molar-refractivity contribution in [3.05, 3.63) is 35.9 Å². The van der Waals surface area contributed by atoms with Crippen molar-refractivity contribution in [2.24, 2.45) is 5.92 Å². The van der Waals surface area contributed by atoms with Gasteiger partial charge in [0.1, 0.15) is 0 Å². The topological polar surface area (TPSA) is 23.5 Å². The number of nitrogens with zero attached hydrogens (tertiary/aromatic N) is 1. The number of hydrogen-bond donors (Lipinski definition) is 1. The molecule has 0 aromatic heterocycles. The van der Waals surface area contributed by atoms with Crippen molar-refractivity contribution in [2.75, 3.05) is 6.54 Å². The lowest BCUT2D eigenvalue weighted by Crippen LogP contribution is -2.31. The molecular formula is C14H19NO. The molecule has 3 rings (SSSR count). The molecule has 3 atom stereocenters. The first-order valence-electron chi connectivity index (χ1n) is 6.27. The summed E-state index contributed by atoms with van der Waals surface area (Å²) in [5, 5.41) is 9.75. The van der Waals surface area contributed by atoms with E-state index in [1.165, 1.54) is 18.5 Å². The Morgan fingerprint density at radius 1 is 1.12 bits per heavy atom. The van der Waals surface area contributed by atoms with E-state index in [1.807, 2.05) is 0 Å². The van der Waals surface area contributed by atoms with Gasteiger partial charge in [-0.05, 0) is 30.7 Å².